The van der Waals surface area contributed by atoms with Gasteiger partial charge >= 0.3 is 10.2 Å². The van der Waals surface area contributed by atoms with Crippen LogP contribution in [0.2, 0.25) is 0 Å². The zero-order valence-electron chi connectivity index (χ0n) is 30.7. The fraction of sp³-hybridized carbons (Fsp3) is 0.439. The van der Waals surface area contributed by atoms with Crippen LogP contribution < -0.4 is 9.46 Å². The Morgan fingerprint density at radius 1 is 0.963 bits per heavy atom. The van der Waals surface area contributed by atoms with Crippen LogP contribution in [-0.4, -0.2) is 73.5 Å². The highest BCUT2D eigenvalue weighted by Gasteiger charge is 2.64. The largest absolute Gasteiger partial charge is 0.497 e. The molecule has 2 atom stereocenters. The minimum absolute atomic E-state index is 0.0203. The first-order chi connectivity index (χ1) is 26.0. The first kappa shape index (κ1) is 35.0. The molecule has 1 N–H and O–H groups in total. The molecule has 4 aliphatic rings. The van der Waals surface area contributed by atoms with Crippen LogP contribution in [0.5, 0.6) is 5.75 Å². The van der Waals surface area contributed by atoms with Gasteiger partial charge in [-0.15, -0.1) is 0 Å². The maximum absolute atomic E-state index is 15.0. The SMILES string of the molecule is COc1ccc2c(c1)C1CC1(C(=O)N1CCC(c3noc4cc(F)ccc34)CC1)Cn1c-2c(C2CCCCC2)c2ccc(C(=O)NS(=O)(=O)N(C)C)cc21. The van der Waals surface area contributed by atoms with Crippen LogP contribution in [0.25, 0.3) is 33.1 Å². The van der Waals surface area contributed by atoms with E-state index in [1.54, 1.807) is 25.3 Å². The summed E-state index contributed by atoms with van der Waals surface area (Å²) in [6.07, 6.45) is 7.70. The zero-order valence-corrected chi connectivity index (χ0v) is 31.5. The van der Waals surface area contributed by atoms with Crippen molar-refractivity contribution in [2.24, 2.45) is 5.41 Å². The molecular weight excluding hydrogens is 710 g/mol. The summed E-state index contributed by atoms with van der Waals surface area (Å²) in [4.78, 5) is 30.4. The standard InChI is InChI=1S/C41H44FN5O6S/c1-45(2)54(50,51)44-39(48)26-9-12-30-34(19-26)47-23-41(40(49)46-17-15-25(16-18-46)37-31-13-10-27(42)20-35(31)53-43-37)22-33(41)32-21-28(52-3)11-14-29(32)38(47)36(30)24-7-5-4-6-8-24/h9-14,19-21,24-25,33H,4-8,15-18,22-23H2,1-3H3,(H,44,48). The number of nitrogens with one attached hydrogen (secondary N) is 1. The third-order valence-electron chi connectivity index (χ3n) is 12.5. The van der Waals surface area contributed by atoms with Crippen molar-refractivity contribution >= 4 is 43.9 Å². The van der Waals surface area contributed by atoms with Gasteiger partial charge in [-0.05, 0) is 91.6 Å². The number of methoxy groups -OCH3 is 1. The van der Waals surface area contributed by atoms with Crippen molar-refractivity contribution in [3.8, 4) is 17.0 Å². The lowest BCUT2D eigenvalue weighted by molar-refractivity contribution is -0.138. The van der Waals surface area contributed by atoms with Gasteiger partial charge in [0.2, 0.25) is 5.91 Å². The number of hydrogen-bond donors (Lipinski definition) is 1. The van der Waals surface area contributed by atoms with Gasteiger partial charge < -0.3 is 18.7 Å². The number of aromatic nitrogens is 2. The molecule has 2 aliphatic heterocycles. The van der Waals surface area contributed by atoms with Crippen molar-refractivity contribution in [3.05, 3.63) is 82.8 Å². The highest BCUT2D eigenvalue weighted by atomic mass is 32.2. The number of piperidine rings is 1. The molecule has 2 aromatic heterocycles. The highest BCUT2D eigenvalue weighted by molar-refractivity contribution is 7.87. The number of hydrogen-bond acceptors (Lipinski definition) is 7. The smallest absolute Gasteiger partial charge is 0.303 e. The molecule has 3 fully saturated rings. The number of halogens is 1. The van der Waals surface area contributed by atoms with E-state index in [9.17, 15) is 22.4 Å². The summed E-state index contributed by atoms with van der Waals surface area (Å²) in [5, 5.41) is 6.16. The number of benzene rings is 3. The Morgan fingerprint density at radius 2 is 1.72 bits per heavy atom. The van der Waals surface area contributed by atoms with Crippen LogP contribution in [0.1, 0.15) is 96.3 Å². The van der Waals surface area contributed by atoms with E-state index in [0.29, 0.717) is 50.4 Å². The Bertz CT molecular complexity index is 2440. The molecule has 5 aromatic rings. The quantitative estimate of drug-likeness (QED) is 0.188. The highest BCUT2D eigenvalue weighted by Crippen LogP contribution is 2.66. The minimum Gasteiger partial charge on any atom is -0.497 e. The number of ether oxygens (including phenoxy) is 1. The average molecular weight is 754 g/mol. The van der Waals surface area contributed by atoms with Crippen molar-refractivity contribution in [3.63, 3.8) is 0 Å². The van der Waals surface area contributed by atoms with E-state index in [1.807, 2.05) is 17.0 Å². The van der Waals surface area contributed by atoms with Gasteiger partial charge in [-0.3, -0.25) is 9.59 Å². The van der Waals surface area contributed by atoms with Gasteiger partial charge in [0.05, 0.1) is 23.9 Å². The zero-order chi connectivity index (χ0) is 37.5. The summed E-state index contributed by atoms with van der Waals surface area (Å²) in [7, 11) is 0.403. The summed E-state index contributed by atoms with van der Waals surface area (Å²) in [5.74, 6) is 0.165. The molecule has 1 saturated heterocycles. The Morgan fingerprint density at radius 3 is 2.46 bits per heavy atom. The fourth-order valence-corrected chi connectivity index (χ4v) is 10.1. The van der Waals surface area contributed by atoms with E-state index >= 15 is 0 Å². The number of rotatable bonds is 7. The lowest BCUT2D eigenvalue weighted by Gasteiger charge is -2.34. The van der Waals surface area contributed by atoms with Crippen LogP contribution in [0, 0.1) is 11.2 Å². The van der Waals surface area contributed by atoms with Gasteiger partial charge in [-0.2, -0.15) is 12.7 Å². The van der Waals surface area contributed by atoms with Crippen molar-refractivity contribution in [2.45, 2.75) is 75.7 Å². The van der Waals surface area contributed by atoms with Gasteiger partial charge in [0, 0.05) is 79.0 Å². The number of carbonyl (C=O) groups excluding carboxylic acids is 2. The van der Waals surface area contributed by atoms with Gasteiger partial charge in [0.1, 0.15) is 11.6 Å². The summed E-state index contributed by atoms with van der Waals surface area (Å²) >= 11 is 0. The molecule has 4 heterocycles. The summed E-state index contributed by atoms with van der Waals surface area (Å²) in [6, 6.07) is 16.2. The monoisotopic (exact) mass is 753 g/mol. The molecule has 3 aromatic carbocycles. The van der Waals surface area contributed by atoms with Crippen LogP contribution in [-0.2, 0) is 21.5 Å². The minimum atomic E-state index is -4.01. The maximum Gasteiger partial charge on any atom is 0.303 e. The molecule has 11 nitrogen and oxygen atoms in total. The molecule has 54 heavy (non-hydrogen) atoms. The van der Waals surface area contributed by atoms with Gasteiger partial charge in [-0.25, -0.2) is 9.11 Å². The van der Waals surface area contributed by atoms with Crippen molar-refractivity contribution < 1.29 is 31.7 Å². The lowest BCUT2D eigenvalue weighted by atomic mass is 9.81. The maximum atomic E-state index is 15.0. The molecule has 0 radical (unpaired) electrons. The molecule has 9 rings (SSSR count). The molecule has 0 spiro atoms. The van der Waals surface area contributed by atoms with E-state index in [1.165, 1.54) is 38.2 Å². The Balaban J connectivity index is 1.12. The molecular formula is C41H44FN5O6S. The number of likely N-dealkylation sites (tertiary alicyclic amines) is 1. The van der Waals surface area contributed by atoms with Crippen LogP contribution in [0.15, 0.2) is 59.1 Å². The molecule has 2 amide bonds. The molecule has 13 heteroatoms. The predicted molar refractivity (Wildman–Crippen MR) is 202 cm³/mol. The second kappa shape index (κ2) is 12.9. The van der Waals surface area contributed by atoms with Crippen LogP contribution >= 0.6 is 0 Å². The molecule has 282 valence electrons. The third-order valence-corrected chi connectivity index (χ3v) is 13.9. The summed E-state index contributed by atoms with van der Waals surface area (Å²) in [5.41, 5.74) is 6.11. The number of fused-ring (bicyclic) bond motifs is 8. The normalized spacial score (nSPS) is 21.8. The third kappa shape index (κ3) is 5.61. The average Bonchev–Trinajstić information content (AvgIpc) is 3.66. The summed E-state index contributed by atoms with van der Waals surface area (Å²) < 4.78 is 55.8. The van der Waals surface area contributed by atoms with Crippen LogP contribution in [0.3, 0.4) is 0 Å². The number of carbonyl (C=O) groups is 2. The van der Waals surface area contributed by atoms with E-state index in [-0.39, 0.29) is 29.1 Å². The molecule has 2 unspecified atom stereocenters. The van der Waals surface area contributed by atoms with Crippen LogP contribution in [0.4, 0.5) is 4.39 Å². The molecule has 2 saturated carbocycles. The lowest BCUT2D eigenvalue weighted by Crippen LogP contribution is -2.44. The van der Waals surface area contributed by atoms with Gasteiger partial charge in [0.25, 0.3) is 5.91 Å². The predicted octanol–water partition coefficient (Wildman–Crippen LogP) is 7.07. The second-order valence-electron chi connectivity index (χ2n) is 15.8. The Labute approximate surface area is 313 Å². The Kier molecular flexibility index (Phi) is 8.38. The van der Waals surface area contributed by atoms with Crippen molar-refractivity contribution in [1.29, 1.82) is 0 Å². The second-order valence-corrected chi connectivity index (χ2v) is 17.7. The van der Waals surface area contributed by atoms with Gasteiger partial charge in [0.15, 0.2) is 5.58 Å². The van der Waals surface area contributed by atoms with E-state index < -0.39 is 21.5 Å². The first-order valence-electron chi connectivity index (χ1n) is 18.9. The van der Waals surface area contributed by atoms with E-state index in [0.717, 1.165) is 74.5 Å². The van der Waals surface area contributed by atoms with Gasteiger partial charge in [-0.1, -0.05) is 30.5 Å². The summed E-state index contributed by atoms with van der Waals surface area (Å²) in [6.45, 7) is 1.57. The fourth-order valence-electron chi connectivity index (χ4n) is 9.59. The van der Waals surface area contributed by atoms with Crippen molar-refractivity contribution in [2.75, 3.05) is 34.3 Å². The van der Waals surface area contributed by atoms with E-state index in [2.05, 4.69) is 26.6 Å². The molecule has 2 aliphatic carbocycles. The molecule has 0 bridgehead atoms. The topological polar surface area (TPSA) is 127 Å². The number of amides is 2. The van der Waals surface area contributed by atoms with E-state index in [4.69, 9.17) is 9.26 Å². The number of nitrogens with zero attached hydrogens (tertiary/aromatic N) is 4. The Hall–Kier alpha value is -4.75. The first-order valence-corrected chi connectivity index (χ1v) is 20.4. The van der Waals surface area contributed by atoms with Crippen molar-refractivity contribution in [1.82, 2.24) is 23.7 Å².